The molecule has 3 N–H and O–H groups in total. The standard InChI is InChI=1S/C16H16N2O4S/c17-23(20,21)14-7-5-13(6-8-14)18-16(19)12-9-11-3-1-2-4-15(11)22-10-12/h1-8,12H,9-10H2,(H,18,19)(H2,17,20,21). The van der Waals surface area contributed by atoms with Crippen molar-refractivity contribution in [3.05, 3.63) is 54.1 Å². The van der Waals surface area contributed by atoms with E-state index in [-0.39, 0.29) is 16.7 Å². The Morgan fingerprint density at radius 3 is 2.52 bits per heavy atom. The van der Waals surface area contributed by atoms with Crippen LogP contribution in [0, 0.1) is 5.92 Å². The van der Waals surface area contributed by atoms with Gasteiger partial charge in [0, 0.05) is 5.69 Å². The van der Waals surface area contributed by atoms with Gasteiger partial charge in [-0.05, 0) is 42.3 Å². The molecule has 120 valence electrons. The summed E-state index contributed by atoms with van der Waals surface area (Å²) in [6, 6.07) is 13.4. The molecule has 1 aliphatic rings. The average Bonchev–Trinajstić information content (AvgIpc) is 2.54. The Balaban J connectivity index is 1.68. The van der Waals surface area contributed by atoms with Crippen LogP contribution >= 0.6 is 0 Å². The second-order valence-corrected chi connectivity index (χ2v) is 6.94. The molecule has 1 aliphatic heterocycles. The van der Waals surface area contributed by atoms with Crippen LogP contribution in [0.15, 0.2) is 53.4 Å². The van der Waals surface area contributed by atoms with E-state index in [0.29, 0.717) is 18.7 Å². The number of benzene rings is 2. The van der Waals surface area contributed by atoms with Gasteiger partial charge in [0.25, 0.3) is 0 Å². The van der Waals surface area contributed by atoms with Crippen molar-refractivity contribution in [1.29, 1.82) is 0 Å². The predicted molar refractivity (Wildman–Crippen MR) is 85.6 cm³/mol. The summed E-state index contributed by atoms with van der Waals surface area (Å²) in [7, 11) is -3.73. The van der Waals surface area contributed by atoms with E-state index in [1.807, 2.05) is 24.3 Å². The van der Waals surface area contributed by atoms with Gasteiger partial charge in [0.1, 0.15) is 12.4 Å². The monoisotopic (exact) mass is 332 g/mol. The lowest BCUT2D eigenvalue weighted by Gasteiger charge is -2.24. The molecule has 2 aromatic carbocycles. The smallest absolute Gasteiger partial charge is 0.238 e. The maximum absolute atomic E-state index is 12.3. The third-order valence-electron chi connectivity index (χ3n) is 3.70. The molecule has 7 heteroatoms. The largest absolute Gasteiger partial charge is 0.492 e. The van der Waals surface area contributed by atoms with E-state index >= 15 is 0 Å². The fraction of sp³-hybridized carbons (Fsp3) is 0.188. The van der Waals surface area contributed by atoms with Crippen LogP contribution in [0.25, 0.3) is 0 Å². The topological polar surface area (TPSA) is 98.5 Å². The van der Waals surface area contributed by atoms with Crippen LogP contribution in [0.2, 0.25) is 0 Å². The second kappa shape index (κ2) is 6.02. The van der Waals surface area contributed by atoms with E-state index in [1.54, 1.807) is 0 Å². The number of primary sulfonamides is 1. The minimum absolute atomic E-state index is 0.00502. The highest BCUT2D eigenvalue weighted by atomic mass is 32.2. The van der Waals surface area contributed by atoms with Gasteiger partial charge in [-0.25, -0.2) is 13.6 Å². The van der Waals surface area contributed by atoms with Crippen LogP contribution < -0.4 is 15.2 Å². The van der Waals surface area contributed by atoms with Crippen LogP contribution in [-0.2, 0) is 21.2 Å². The van der Waals surface area contributed by atoms with Gasteiger partial charge in [-0.1, -0.05) is 18.2 Å². The van der Waals surface area contributed by atoms with Crippen molar-refractivity contribution in [3.63, 3.8) is 0 Å². The fourth-order valence-corrected chi connectivity index (χ4v) is 2.98. The third-order valence-corrected chi connectivity index (χ3v) is 4.63. The maximum Gasteiger partial charge on any atom is 0.238 e. The minimum atomic E-state index is -3.73. The summed E-state index contributed by atoms with van der Waals surface area (Å²) in [5.74, 6) is 0.361. The SMILES string of the molecule is NS(=O)(=O)c1ccc(NC(=O)C2COc3ccccc3C2)cc1. The van der Waals surface area contributed by atoms with Crippen LogP contribution in [0.4, 0.5) is 5.69 Å². The Hall–Kier alpha value is -2.38. The summed E-state index contributed by atoms with van der Waals surface area (Å²) in [4.78, 5) is 12.3. The third kappa shape index (κ3) is 3.52. The molecule has 0 bridgehead atoms. The second-order valence-electron chi connectivity index (χ2n) is 5.38. The number of fused-ring (bicyclic) bond motifs is 1. The molecule has 1 unspecified atom stereocenters. The number of rotatable bonds is 3. The molecule has 0 aliphatic carbocycles. The molecule has 0 spiro atoms. The number of para-hydroxylation sites is 1. The summed E-state index contributed by atoms with van der Waals surface area (Å²) in [6.45, 7) is 0.318. The molecule has 3 rings (SSSR count). The van der Waals surface area contributed by atoms with Crippen LogP contribution in [-0.4, -0.2) is 20.9 Å². The van der Waals surface area contributed by atoms with Gasteiger partial charge in [0.15, 0.2) is 0 Å². The van der Waals surface area contributed by atoms with E-state index in [1.165, 1.54) is 24.3 Å². The molecule has 0 saturated heterocycles. The number of hydrogen-bond acceptors (Lipinski definition) is 4. The van der Waals surface area contributed by atoms with Crippen LogP contribution in [0.3, 0.4) is 0 Å². The minimum Gasteiger partial charge on any atom is -0.492 e. The van der Waals surface area contributed by atoms with Gasteiger partial charge in [-0.15, -0.1) is 0 Å². The molecule has 1 atom stereocenters. The van der Waals surface area contributed by atoms with Gasteiger partial charge in [0.2, 0.25) is 15.9 Å². The molecule has 23 heavy (non-hydrogen) atoms. The van der Waals surface area contributed by atoms with Gasteiger partial charge in [0.05, 0.1) is 10.8 Å². The molecular formula is C16H16N2O4S. The molecule has 2 aromatic rings. The Morgan fingerprint density at radius 1 is 1.13 bits per heavy atom. The lowest BCUT2D eigenvalue weighted by molar-refractivity contribution is -0.121. The summed E-state index contributed by atoms with van der Waals surface area (Å²) in [5, 5.41) is 7.81. The number of carbonyl (C=O) groups is 1. The van der Waals surface area contributed by atoms with Crippen molar-refractivity contribution in [2.75, 3.05) is 11.9 Å². The van der Waals surface area contributed by atoms with E-state index in [0.717, 1.165) is 11.3 Å². The predicted octanol–water partition coefficient (Wildman–Crippen LogP) is 1.52. The number of anilines is 1. The lowest BCUT2D eigenvalue weighted by Crippen LogP contribution is -2.32. The number of amides is 1. The van der Waals surface area contributed by atoms with E-state index in [2.05, 4.69) is 5.32 Å². The van der Waals surface area contributed by atoms with E-state index in [4.69, 9.17) is 9.88 Å². The zero-order valence-corrected chi connectivity index (χ0v) is 13.0. The highest BCUT2D eigenvalue weighted by molar-refractivity contribution is 7.89. The Labute approximate surface area is 134 Å². The average molecular weight is 332 g/mol. The molecule has 6 nitrogen and oxygen atoms in total. The zero-order chi connectivity index (χ0) is 16.4. The normalized spacial score (nSPS) is 17.0. The summed E-state index contributed by atoms with van der Waals surface area (Å²) in [6.07, 6.45) is 0.608. The number of hydrogen-bond donors (Lipinski definition) is 2. The Kier molecular flexibility index (Phi) is 4.06. The van der Waals surface area contributed by atoms with Crippen LogP contribution in [0.1, 0.15) is 5.56 Å². The molecule has 0 aromatic heterocycles. The zero-order valence-electron chi connectivity index (χ0n) is 12.2. The first-order valence-electron chi connectivity index (χ1n) is 7.08. The molecular weight excluding hydrogens is 316 g/mol. The Bertz CT molecular complexity index is 831. The maximum atomic E-state index is 12.3. The lowest BCUT2D eigenvalue weighted by atomic mass is 9.96. The van der Waals surface area contributed by atoms with Crippen molar-refractivity contribution in [3.8, 4) is 5.75 Å². The summed E-state index contributed by atoms with van der Waals surface area (Å²) in [5.41, 5.74) is 1.52. The molecule has 1 amide bonds. The Morgan fingerprint density at radius 2 is 1.83 bits per heavy atom. The first-order valence-corrected chi connectivity index (χ1v) is 8.62. The van der Waals surface area contributed by atoms with Crippen molar-refractivity contribution < 1.29 is 17.9 Å². The fourth-order valence-electron chi connectivity index (χ4n) is 2.47. The van der Waals surface area contributed by atoms with Gasteiger partial charge in [-0.3, -0.25) is 4.79 Å². The van der Waals surface area contributed by atoms with Gasteiger partial charge < -0.3 is 10.1 Å². The quantitative estimate of drug-likeness (QED) is 0.890. The van der Waals surface area contributed by atoms with Gasteiger partial charge >= 0.3 is 0 Å². The highest BCUT2D eigenvalue weighted by Crippen LogP contribution is 2.27. The molecule has 0 radical (unpaired) electrons. The first kappa shape index (κ1) is 15.5. The number of sulfonamides is 1. The highest BCUT2D eigenvalue weighted by Gasteiger charge is 2.25. The van der Waals surface area contributed by atoms with Gasteiger partial charge in [-0.2, -0.15) is 0 Å². The van der Waals surface area contributed by atoms with E-state index < -0.39 is 10.0 Å². The van der Waals surface area contributed by atoms with Crippen molar-refractivity contribution in [2.24, 2.45) is 11.1 Å². The number of carbonyl (C=O) groups excluding carboxylic acids is 1. The van der Waals surface area contributed by atoms with Crippen molar-refractivity contribution in [1.82, 2.24) is 0 Å². The summed E-state index contributed by atoms with van der Waals surface area (Å²) >= 11 is 0. The molecule has 1 heterocycles. The summed E-state index contributed by atoms with van der Waals surface area (Å²) < 4.78 is 28.0. The molecule has 0 fully saturated rings. The number of nitrogens with one attached hydrogen (secondary N) is 1. The number of nitrogens with two attached hydrogens (primary N) is 1. The van der Waals surface area contributed by atoms with Crippen molar-refractivity contribution >= 4 is 21.6 Å². The molecule has 0 saturated carbocycles. The number of ether oxygens (including phenoxy) is 1. The van der Waals surface area contributed by atoms with Crippen LogP contribution in [0.5, 0.6) is 5.75 Å². The van der Waals surface area contributed by atoms with E-state index in [9.17, 15) is 13.2 Å². The van der Waals surface area contributed by atoms with Crippen molar-refractivity contribution in [2.45, 2.75) is 11.3 Å². The first-order chi connectivity index (χ1) is 10.9.